The molecule has 2 aliphatic rings. The van der Waals surface area contributed by atoms with E-state index in [2.05, 4.69) is 9.55 Å². The summed E-state index contributed by atoms with van der Waals surface area (Å²) >= 11 is 6.32. The van der Waals surface area contributed by atoms with Gasteiger partial charge in [-0.1, -0.05) is 18.0 Å². The van der Waals surface area contributed by atoms with Gasteiger partial charge in [-0.3, -0.25) is 9.17 Å². The lowest BCUT2D eigenvalue weighted by Gasteiger charge is -2.34. The van der Waals surface area contributed by atoms with Crippen molar-refractivity contribution < 1.29 is 17.3 Å². The fourth-order valence-corrected chi connectivity index (χ4v) is 5.07. The van der Waals surface area contributed by atoms with Crippen molar-refractivity contribution in [1.82, 2.24) is 14.5 Å². The molecule has 3 aromatic rings. The van der Waals surface area contributed by atoms with Gasteiger partial charge < -0.3 is 9.30 Å². The molecule has 0 amide bonds. The smallest absolute Gasteiger partial charge is 0.264 e. The molecule has 1 saturated heterocycles. The molecule has 2 atom stereocenters. The van der Waals surface area contributed by atoms with E-state index >= 15 is 0 Å². The molecule has 0 spiro atoms. The van der Waals surface area contributed by atoms with Crippen molar-refractivity contribution >= 4 is 43.7 Å². The first-order chi connectivity index (χ1) is 14.4. The molecule has 0 N–H and O–H groups in total. The minimum absolute atomic E-state index is 0.0366. The van der Waals surface area contributed by atoms with E-state index < -0.39 is 10.1 Å². The van der Waals surface area contributed by atoms with Crippen LogP contribution in [0.5, 0.6) is 0 Å². The van der Waals surface area contributed by atoms with Crippen molar-refractivity contribution in [3.05, 3.63) is 35.2 Å². The molecular formula is C21H24ClN3O4S. The Morgan fingerprint density at radius 1 is 1.27 bits per heavy atom. The van der Waals surface area contributed by atoms with Gasteiger partial charge in [0.15, 0.2) is 0 Å². The van der Waals surface area contributed by atoms with Crippen molar-refractivity contribution in [1.29, 1.82) is 0 Å². The average Bonchev–Trinajstić information content (AvgIpc) is 3.04. The molecule has 1 aliphatic carbocycles. The summed E-state index contributed by atoms with van der Waals surface area (Å²) in [4.78, 5) is 9.57. The van der Waals surface area contributed by atoms with Gasteiger partial charge in [0.2, 0.25) is 0 Å². The zero-order valence-corrected chi connectivity index (χ0v) is 18.3. The zero-order valence-electron chi connectivity index (χ0n) is 16.8. The Hall–Kier alpha value is -1.74. The Labute approximate surface area is 180 Å². The van der Waals surface area contributed by atoms with E-state index in [-0.39, 0.29) is 18.8 Å². The molecule has 5 rings (SSSR count). The molecule has 30 heavy (non-hydrogen) atoms. The summed E-state index contributed by atoms with van der Waals surface area (Å²) in [6, 6.07) is 5.89. The number of imidazole rings is 1. The van der Waals surface area contributed by atoms with Crippen LogP contribution in [0.2, 0.25) is 5.02 Å². The quantitative estimate of drug-likeness (QED) is 0.543. The van der Waals surface area contributed by atoms with Crippen LogP contribution in [0.15, 0.2) is 24.4 Å². The first-order valence-corrected chi connectivity index (χ1v) is 12.5. The molecule has 0 unspecified atom stereocenters. The van der Waals surface area contributed by atoms with Gasteiger partial charge in [0, 0.05) is 29.0 Å². The van der Waals surface area contributed by atoms with Crippen LogP contribution in [-0.4, -0.2) is 48.5 Å². The Balaban J connectivity index is 1.60. The normalized spacial score (nSPS) is 23.1. The second-order valence-electron chi connectivity index (χ2n) is 8.28. The number of hydrogen-bond acceptors (Lipinski definition) is 6. The minimum Gasteiger partial charge on any atom is -0.376 e. The van der Waals surface area contributed by atoms with Gasteiger partial charge in [-0.15, -0.1) is 0 Å². The highest BCUT2D eigenvalue weighted by molar-refractivity contribution is 7.85. The summed E-state index contributed by atoms with van der Waals surface area (Å²) in [5.74, 6) is 1.54. The maximum absolute atomic E-state index is 11.4. The molecular weight excluding hydrogens is 426 g/mol. The number of hydrogen-bond donors (Lipinski definition) is 0. The largest absolute Gasteiger partial charge is 0.376 e. The topological polar surface area (TPSA) is 83.3 Å². The van der Waals surface area contributed by atoms with Crippen LogP contribution in [0.25, 0.3) is 21.9 Å². The van der Waals surface area contributed by atoms with E-state index in [1.54, 1.807) is 0 Å². The number of nitrogens with zero attached hydrogens (tertiary/aromatic N) is 3. The third kappa shape index (κ3) is 3.82. The number of aromatic nitrogens is 3. The van der Waals surface area contributed by atoms with Crippen molar-refractivity contribution in [3.8, 4) is 0 Å². The molecule has 2 fully saturated rings. The average molecular weight is 450 g/mol. The first kappa shape index (κ1) is 20.2. The van der Waals surface area contributed by atoms with Crippen molar-refractivity contribution in [3.63, 3.8) is 0 Å². The number of rotatable bonds is 5. The van der Waals surface area contributed by atoms with E-state index in [0.29, 0.717) is 24.0 Å². The summed E-state index contributed by atoms with van der Waals surface area (Å²) in [6.07, 6.45) is 7.63. The van der Waals surface area contributed by atoms with Crippen LogP contribution < -0.4 is 0 Å². The molecule has 1 aliphatic heterocycles. The van der Waals surface area contributed by atoms with Gasteiger partial charge in [-0.2, -0.15) is 8.42 Å². The van der Waals surface area contributed by atoms with Crippen LogP contribution in [0.4, 0.5) is 0 Å². The van der Waals surface area contributed by atoms with Crippen LogP contribution in [0, 0.1) is 0 Å². The number of pyridine rings is 1. The molecule has 1 saturated carbocycles. The SMILES string of the molecule is CS(=O)(=O)OC[C@H]1C[C@@H](n2c(C3CCC3)nc3cnc4ccc(Cl)cc4c32)CCO1. The van der Waals surface area contributed by atoms with Crippen molar-refractivity contribution in [2.45, 2.75) is 50.2 Å². The van der Waals surface area contributed by atoms with Gasteiger partial charge >= 0.3 is 0 Å². The number of fused-ring (bicyclic) bond motifs is 3. The van der Waals surface area contributed by atoms with Gasteiger partial charge in [0.05, 0.1) is 36.2 Å². The maximum Gasteiger partial charge on any atom is 0.264 e. The van der Waals surface area contributed by atoms with E-state index in [4.69, 9.17) is 25.5 Å². The van der Waals surface area contributed by atoms with E-state index in [1.807, 2.05) is 24.4 Å². The molecule has 3 heterocycles. The van der Waals surface area contributed by atoms with Crippen LogP contribution in [0.3, 0.4) is 0 Å². The lowest BCUT2D eigenvalue weighted by atomic mass is 9.84. The van der Waals surface area contributed by atoms with E-state index in [9.17, 15) is 8.42 Å². The van der Waals surface area contributed by atoms with Gasteiger partial charge in [0.1, 0.15) is 11.3 Å². The Morgan fingerprint density at radius 2 is 2.10 bits per heavy atom. The van der Waals surface area contributed by atoms with Crippen molar-refractivity contribution in [2.75, 3.05) is 19.5 Å². The predicted octanol–water partition coefficient (Wildman–Crippen LogP) is 4.20. The third-order valence-corrected chi connectivity index (χ3v) is 6.95. The molecule has 7 nitrogen and oxygen atoms in total. The molecule has 0 bridgehead atoms. The summed E-state index contributed by atoms with van der Waals surface area (Å²) < 4.78 is 36.0. The van der Waals surface area contributed by atoms with Crippen molar-refractivity contribution in [2.24, 2.45) is 0 Å². The Morgan fingerprint density at radius 3 is 2.83 bits per heavy atom. The summed E-state index contributed by atoms with van der Waals surface area (Å²) in [5, 5.41) is 1.66. The predicted molar refractivity (Wildman–Crippen MR) is 115 cm³/mol. The van der Waals surface area contributed by atoms with Gasteiger partial charge in [-0.05, 0) is 43.9 Å². The van der Waals surface area contributed by atoms with E-state index in [0.717, 1.165) is 53.3 Å². The Kier molecular flexibility index (Phi) is 5.21. The summed E-state index contributed by atoms with van der Waals surface area (Å²) in [6.45, 7) is 0.588. The van der Waals surface area contributed by atoms with E-state index in [1.165, 1.54) is 6.42 Å². The van der Waals surface area contributed by atoms with Crippen LogP contribution in [0.1, 0.15) is 49.9 Å². The van der Waals surface area contributed by atoms with Gasteiger partial charge in [-0.25, -0.2) is 4.98 Å². The third-order valence-electron chi connectivity index (χ3n) is 6.15. The molecule has 1 aromatic carbocycles. The highest BCUT2D eigenvalue weighted by Crippen LogP contribution is 2.42. The zero-order chi connectivity index (χ0) is 20.9. The lowest BCUT2D eigenvalue weighted by Crippen LogP contribution is -2.33. The molecule has 0 radical (unpaired) electrons. The number of benzene rings is 1. The fourth-order valence-electron chi connectivity index (χ4n) is 4.50. The highest BCUT2D eigenvalue weighted by atomic mass is 35.5. The highest BCUT2D eigenvalue weighted by Gasteiger charge is 2.33. The van der Waals surface area contributed by atoms with Gasteiger partial charge in [0.25, 0.3) is 10.1 Å². The molecule has 9 heteroatoms. The minimum atomic E-state index is -3.50. The number of halogens is 1. The first-order valence-electron chi connectivity index (χ1n) is 10.3. The molecule has 160 valence electrons. The monoisotopic (exact) mass is 449 g/mol. The standard InChI is InChI=1S/C21H24ClN3O4S/c1-30(26,27)29-12-16-10-15(7-8-28-16)25-20-17-9-14(22)5-6-18(17)23-11-19(20)24-21(25)13-3-2-4-13/h5-6,9,11,13,15-16H,2-4,7-8,10,12H2,1H3/t15-,16+/m0/s1. The second-order valence-corrected chi connectivity index (χ2v) is 10.4. The lowest BCUT2D eigenvalue weighted by molar-refractivity contribution is -0.0279. The maximum atomic E-state index is 11.4. The molecule has 2 aromatic heterocycles. The summed E-state index contributed by atoms with van der Waals surface area (Å²) in [7, 11) is -3.50. The van der Waals surface area contributed by atoms with Crippen LogP contribution >= 0.6 is 11.6 Å². The Bertz CT molecular complexity index is 1210. The van der Waals surface area contributed by atoms with Crippen LogP contribution in [-0.2, 0) is 19.0 Å². The number of ether oxygens (including phenoxy) is 1. The summed E-state index contributed by atoms with van der Waals surface area (Å²) in [5.41, 5.74) is 2.82. The fraction of sp³-hybridized carbons (Fsp3) is 0.524. The second kappa shape index (κ2) is 7.75.